The van der Waals surface area contributed by atoms with E-state index < -0.39 is 5.91 Å². The van der Waals surface area contributed by atoms with E-state index in [1.54, 1.807) is 37.0 Å². The van der Waals surface area contributed by atoms with Gasteiger partial charge in [0.15, 0.2) is 0 Å². The summed E-state index contributed by atoms with van der Waals surface area (Å²) in [4.78, 5) is 31.5. The van der Waals surface area contributed by atoms with E-state index in [2.05, 4.69) is 9.88 Å². The van der Waals surface area contributed by atoms with Gasteiger partial charge in [-0.25, -0.2) is 4.68 Å². The molecule has 0 bridgehead atoms. The van der Waals surface area contributed by atoms with Crippen LogP contribution < -0.4 is 5.56 Å². The van der Waals surface area contributed by atoms with Crippen molar-refractivity contribution in [1.29, 1.82) is 0 Å². The molecule has 1 unspecified atom stereocenters. The highest BCUT2D eigenvalue weighted by Crippen LogP contribution is 2.21. The summed E-state index contributed by atoms with van der Waals surface area (Å²) in [5.74, 6) is -0.847. The fraction of sp³-hybridized carbons (Fsp3) is 0.462. The predicted molar refractivity (Wildman–Crippen MR) is 135 cm³/mol. The molecule has 0 saturated carbocycles. The Morgan fingerprint density at radius 3 is 2.74 bits per heavy atom. The summed E-state index contributed by atoms with van der Waals surface area (Å²) < 4.78 is 15.6. The zero-order valence-electron chi connectivity index (χ0n) is 20.2. The summed E-state index contributed by atoms with van der Waals surface area (Å²) in [7, 11) is 0. The van der Waals surface area contributed by atoms with Crippen LogP contribution in [0.2, 0.25) is 5.02 Å². The quantitative estimate of drug-likeness (QED) is 0.411. The van der Waals surface area contributed by atoms with Crippen LogP contribution in [0, 0.1) is 5.92 Å². The Morgan fingerprint density at radius 2 is 2.00 bits per heavy atom. The number of hydrogen-bond donors (Lipinski definition) is 0. The number of benzene rings is 1. The molecule has 4 rings (SSSR count). The van der Waals surface area contributed by atoms with Gasteiger partial charge in [0.1, 0.15) is 0 Å². The lowest BCUT2D eigenvalue weighted by atomic mass is 10.1. The molecular weight excluding hydrogens is 469 g/mol. The second-order valence-electron chi connectivity index (χ2n) is 9.42. The summed E-state index contributed by atoms with van der Waals surface area (Å²) in [6.45, 7) is 5.48. The number of likely N-dealkylation sites (tertiary alicyclic amines) is 1. The van der Waals surface area contributed by atoms with E-state index in [1.165, 1.54) is 0 Å². The van der Waals surface area contributed by atoms with Crippen molar-refractivity contribution in [2.45, 2.75) is 52.1 Å². The first-order chi connectivity index (χ1) is 16.8. The monoisotopic (exact) mass is 499 g/mol. The molecule has 0 spiro atoms. The standard InChI is InChI=1S/C26H31ClFN5O2/c1-18(2)25(34)32(28)14-4-13-31-12-3-5-21(31)17-33-26(35)22-10-11-29-16-23(22)24(30-33)15-19-6-8-20(27)9-7-19/h6-11,16,18,21H,3-5,12-15,17H2,1-2H3. The van der Waals surface area contributed by atoms with Crippen LogP contribution in [0.1, 0.15) is 44.4 Å². The van der Waals surface area contributed by atoms with Crippen molar-refractivity contribution in [2.75, 3.05) is 19.6 Å². The van der Waals surface area contributed by atoms with Gasteiger partial charge >= 0.3 is 0 Å². The molecule has 1 aliphatic heterocycles. The number of pyridine rings is 1. The minimum absolute atomic E-state index is 0.0760. The molecule has 1 aromatic carbocycles. The molecule has 9 heteroatoms. The molecule has 2 aromatic heterocycles. The highest BCUT2D eigenvalue weighted by molar-refractivity contribution is 6.30. The normalized spacial score (nSPS) is 16.3. The van der Waals surface area contributed by atoms with Crippen LogP contribution >= 0.6 is 11.6 Å². The minimum atomic E-state index is -0.488. The van der Waals surface area contributed by atoms with Crippen molar-refractivity contribution in [3.8, 4) is 0 Å². The minimum Gasteiger partial charge on any atom is -0.298 e. The Balaban J connectivity index is 1.51. The second kappa shape index (κ2) is 11.3. The molecule has 1 fully saturated rings. The van der Waals surface area contributed by atoms with E-state index in [9.17, 15) is 14.1 Å². The lowest BCUT2D eigenvalue weighted by Gasteiger charge is -2.25. The molecule has 7 nitrogen and oxygen atoms in total. The van der Waals surface area contributed by atoms with E-state index in [0.717, 1.165) is 36.0 Å². The summed E-state index contributed by atoms with van der Waals surface area (Å²) in [5, 5.41) is 7.11. The molecule has 3 heterocycles. The Kier molecular flexibility index (Phi) is 8.13. The van der Waals surface area contributed by atoms with Crippen molar-refractivity contribution in [2.24, 2.45) is 5.92 Å². The third-order valence-corrected chi connectivity index (χ3v) is 6.79. The van der Waals surface area contributed by atoms with Crippen molar-refractivity contribution in [3.05, 3.63) is 69.4 Å². The molecule has 0 radical (unpaired) electrons. The molecule has 35 heavy (non-hydrogen) atoms. The molecule has 1 saturated heterocycles. The Morgan fingerprint density at radius 1 is 1.23 bits per heavy atom. The average Bonchev–Trinajstić information content (AvgIpc) is 3.29. The predicted octanol–water partition coefficient (Wildman–Crippen LogP) is 4.26. The molecule has 3 aromatic rings. The molecule has 0 aliphatic carbocycles. The SMILES string of the molecule is CC(C)C(=O)N(F)CCCN1CCCC1Cn1nc(Cc2ccc(Cl)cc2)c2cnccc2c1=O. The molecule has 0 N–H and O–H groups in total. The van der Waals surface area contributed by atoms with E-state index in [0.29, 0.717) is 41.5 Å². The first kappa shape index (κ1) is 25.3. The average molecular weight is 500 g/mol. The zero-order chi connectivity index (χ0) is 24.9. The fourth-order valence-corrected chi connectivity index (χ4v) is 4.77. The van der Waals surface area contributed by atoms with Gasteiger partial charge in [0.05, 0.1) is 24.2 Å². The number of fused-ring (bicyclic) bond motifs is 1. The third-order valence-electron chi connectivity index (χ3n) is 6.54. The van der Waals surface area contributed by atoms with Crippen LogP contribution in [0.15, 0.2) is 47.5 Å². The van der Waals surface area contributed by atoms with Crippen LogP contribution in [-0.4, -0.2) is 56.4 Å². The van der Waals surface area contributed by atoms with Gasteiger partial charge in [0.25, 0.3) is 11.5 Å². The summed E-state index contributed by atoms with van der Waals surface area (Å²) in [5.41, 5.74) is 1.71. The van der Waals surface area contributed by atoms with Crippen molar-refractivity contribution < 1.29 is 9.28 Å². The number of amides is 1. The molecule has 1 aliphatic rings. The van der Waals surface area contributed by atoms with Crippen molar-refractivity contribution in [1.82, 2.24) is 24.8 Å². The maximum Gasteiger partial charge on any atom is 0.274 e. The zero-order valence-corrected chi connectivity index (χ0v) is 20.9. The number of carbonyl (C=O) groups is 1. The number of nitrogens with zero attached hydrogens (tertiary/aromatic N) is 5. The van der Waals surface area contributed by atoms with Gasteiger partial charge in [-0.1, -0.05) is 42.1 Å². The number of halogens is 2. The Bertz CT molecular complexity index is 1230. The van der Waals surface area contributed by atoms with Crippen molar-refractivity contribution >= 4 is 28.3 Å². The second-order valence-corrected chi connectivity index (χ2v) is 9.86. The van der Waals surface area contributed by atoms with Crippen LogP contribution in [0.5, 0.6) is 0 Å². The molecule has 1 amide bonds. The van der Waals surface area contributed by atoms with Gasteiger partial charge < -0.3 is 0 Å². The van der Waals surface area contributed by atoms with Crippen LogP contribution in [0.25, 0.3) is 10.8 Å². The van der Waals surface area contributed by atoms with E-state index in [-0.39, 0.29) is 24.1 Å². The highest BCUT2D eigenvalue weighted by atomic mass is 35.5. The number of aromatic nitrogens is 3. The van der Waals surface area contributed by atoms with Gasteiger partial charge in [0, 0.05) is 47.7 Å². The van der Waals surface area contributed by atoms with Crippen LogP contribution in [-0.2, 0) is 17.8 Å². The van der Waals surface area contributed by atoms with Gasteiger partial charge in [0.2, 0.25) is 0 Å². The maximum atomic E-state index is 14.0. The van der Waals surface area contributed by atoms with Gasteiger partial charge in [-0.3, -0.25) is 19.5 Å². The van der Waals surface area contributed by atoms with E-state index in [1.807, 2.05) is 24.3 Å². The Hall–Kier alpha value is -2.84. The third kappa shape index (κ3) is 6.05. The van der Waals surface area contributed by atoms with Gasteiger partial charge in [-0.05, 0) is 49.6 Å². The lowest BCUT2D eigenvalue weighted by molar-refractivity contribution is -0.150. The number of hydrogen-bond acceptors (Lipinski definition) is 5. The first-order valence-corrected chi connectivity index (χ1v) is 12.5. The van der Waals surface area contributed by atoms with Crippen molar-refractivity contribution in [3.63, 3.8) is 0 Å². The number of carbonyl (C=O) groups excluding carboxylic acids is 1. The molecule has 1 atom stereocenters. The summed E-state index contributed by atoms with van der Waals surface area (Å²) in [6, 6.07) is 9.48. The van der Waals surface area contributed by atoms with Crippen LogP contribution in [0.4, 0.5) is 4.48 Å². The fourth-order valence-electron chi connectivity index (χ4n) is 4.64. The summed E-state index contributed by atoms with van der Waals surface area (Å²) >= 11 is 6.03. The van der Waals surface area contributed by atoms with Gasteiger partial charge in [-0.2, -0.15) is 10.2 Å². The number of rotatable bonds is 9. The Labute approximate surface area is 209 Å². The van der Waals surface area contributed by atoms with Gasteiger partial charge in [-0.15, -0.1) is 0 Å². The molecular formula is C26H31ClFN5O2. The summed E-state index contributed by atoms with van der Waals surface area (Å²) in [6.07, 6.45) is 6.38. The topological polar surface area (TPSA) is 71.3 Å². The first-order valence-electron chi connectivity index (χ1n) is 12.1. The smallest absolute Gasteiger partial charge is 0.274 e. The lowest BCUT2D eigenvalue weighted by Crippen LogP contribution is -2.39. The van der Waals surface area contributed by atoms with E-state index in [4.69, 9.17) is 16.7 Å². The van der Waals surface area contributed by atoms with E-state index >= 15 is 0 Å². The van der Waals surface area contributed by atoms with Crippen LogP contribution in [0.3, 0.4) is 0 Å². The maximum absolute atomic E-state index is 14.0. The highest BCUT2D eigenvalue weighted by Gasteiger charge is 2.26. The molecule has 186 valence electrons. The largest absolute Gasteiger partial charge is 0.298 e.